The van der Waals surface area contributed by atoms with Gasteiger partial charge >= 0.3 is 0 Å². The van der Waals surface area contributed by atoms with Crippen LogP contribution in [0.3, 0.4) is 0 Å². The van der Waals surface area contributed by atoms with Crippen molar-refractivity contribution in [1.82, 2.24) is 0 Å². The van der Waals surface area contributed by atoms with Gasteiger partial charge in [0.2, 0.25) is 0 Å². The van der Waals surface area contributed by atoms with E-state index in [0.717, 1.165) is 0 Å². The van der Waals surface area contributed by atoms with Crippen LogP contribution in [0.1, 0.15) is 6.42 Å². The molecule has 0 atom stereocenters. The predicted octanol–water partition coefficient (Wildman–Crippen LogP) is -1.02. The summed E-state index contributed by atoms with van der Waals surface area (Å²) in [4.78, 5) is 0. The Hall–Kier alpha value is 0.719. The van der Waals surface area contributed by atoms with Gasteiger partial charge in [-0.25, -0.2) is 0 Å². The number of hydrogen-bond donors (Lipinski definition) is 2. The standard InChI is InChI=1S/C3H8O2.Sn/c4-2-1-3-5;/h4-5H,1-3H2;. The maximum Gasteiger partial charge on any atom is 0.0452 e. The minimum Gasteiger partial charge on any atom is -0.396 e. The van der Waals surface area contributed by atoms with E-state index in [9.17, 15) is 0 Å². The van der Waals surface area contributed by atoms with Crippen LogP contribution in [0.5, 0.6) is 0 Å². The maximum absolute atomic E-state index is 7.91. The fraction of sp³-hybridized carbons (Fsp3) is 1.00. The van der Waals surface area contributed by atoms with E-state index in [1.165, 1.54) is 0 Å². The Morgan fingerprint density at radius 1 is 1.00 bits per heavy atom. The molecule has 3 heteroatoms. The van der Waals surface area contributed by atoms with Gasteiger partial charge in [-0.1, -0.05) is 0 Å². The molecule has 0 fully saturated rings. The van der Waals surface area contributed by atoms with Crippen LogP contribution in [0.4, 0.5) is 0 Å². The van der Waals surface area contributed by atoms with Gasteiger partial charge in [-0.05, 0) is 6.42 Å². The predicted molar refractivity (Wildman–Crippen MR) is 24.5 cm³/mol. The summed E-state index contributed by atoms with van der Waals surface area (Å²) < 4.78 is 0. The monoisotopic (exact) mass is 196 g/mol. The molecule has 0 spiro atoms. The molecule has 0 heterocycles. The summed E-state index contributed by atoms with van der Waals surface area (Å²) in [6.45, 7) is 0.188. The Morgan fingerprint density at radius 2 is 1.33 bits per heavy atom. The average Bonchev–Trinajstić information content (AvgIpc) is 1.41. The van der Waals surface area contributed by atoms with Crippen LogP contribution in [-0.4, -0.2) is 47.3 Å². The Morgan fingerprint density at radius 3 is 1.33 bits per heavy atom. The fourth-order valence-corrected chi connectivity index (χ4v) is 0.0707. The Balaban J connectivity index is 0. The van der Waals surface area contributed by atoms with E-state index >= 15 is 0 Å². The van der Waals surface area contributed by atoms with Crippen LogP contribution >= 0.6 is 0 Å². The third-order valence-corrected chi connectivity index (χ3v) is 0.316. The molecular formula is C3H8O2Sn. The van der Waals surface area contributed by atoms with Crippen molar-refractivity contribution in [1.29, 1.82) is 0 Å². The third-order valence-electron chi connectivity index (χ3n) is 0.316. The SMILES string of the molecule is OCCCO.[Sn]. The summed E-state index contributed by atoms with van der Waals surface area (Å²) in [5.74, 6) is 0. The fourth-order valence-electron chi connectivity index (χ4n) is 0.0707. The molecule has 2 nitrogen and oxygen atoms in total. The van der Waals surface area contributed by atoms with Gasteiger partial charge in [0.1, 0.15) is 0 Å². The second-order valence-corrected chi connectivity index (χ2v) is 0.801. The minimum atomic E-state index is 0. The molecule has 0 bridgehead atoms. The van der Waals surface area contributed by atoms with Gasteiger partial charge in [-0.3, -0.25) is 0 Å². The van der Waals surface area contributed by atoms with Crippen LogP contribution in [0, 0.1) is 0 Å². The molecule has 0 aliphatic carbocycles. The van der Waals surface area contributed by atoms with Crippen LogP contribution < -0.4 is 0 Å². The van der Waals surface area contributed by atoms with E-state index in [2.05, 4.69) is 0 Å². The molecule has 6 heavy (non-hydrogen) atoms. The Kier molecular flexibility index (Phi) is 15.1. The van der Waals surface area contributed by atoms with Gasteiger partial charge in [-0.2, -0.15) is 0 Å². The van der Waals surface area contributed by atoms with Gasteiger partial charge in [-0.15, -0.1) is 0 Å². The van der Waals surface area contributed by atoms with Crippen molar-refractivity contribution in [3.05, 3.63) is 0 Å². The maximum atomic E-state index is 7.91. The minimum absolute atomic E-state index is 0. The van der Waals surface area contributed by atoms with Crippen LogP contribution in [0.2, 0.25) is 0 Å². The topological polar surface area (TPSA) is 40.5 Å². The van der Waals surface area contributed by atoms with Gasteiger partial charge < -0.3 is 10.2 Å². The van der Waals surface area contributed by atoms with Crippen molar-refractivity contribution in [2.75, 3.05) is 13.2 Å². The molecule has 0 unspecified atom stereocenters. The van der Waals surface area contributed by atoms with Crippen LogP contribution in [0.15, 0.2) is 0 Å². The van der Waals surface area contributed by atoms with E-state index in [-0.39, 0.29) is 37.1 Å². The molecule has 0 aliphatic heterocycles. The molecule has 0 aliphatic rings. The van der Waals surface area contributed by atoms with Crippen molar-refractivity contribution in [2.45, 2.75) is 6.42 Å². The van der Waals surface area contributed by atoms with Crippen molar-refractivity contribution in [2.24, 2.45) is 0 Å². The van der Waals surface area contributed by atoms with E-state index in [4.69, 9.17) is 10.2 Å². The summed E-state index contributed by atoms with van der Waals surface area (Å²) >= 11 is 0. The molecule has 4 radical (unpaired) electrons. The summed E-state index contributed by atoms with van der Waals surface area (Å²) in [5.41, 5.74) is 0. The van der Waals surface area contributed by atoms with Crippen LogP contribution in [0.25, 0.3) is 0 Å². The molecule has 0 aromatic rings. The molecule has 0 saturated heterocycles. The molecule has 0 aromatic carbocycles. The quantitative estimate of drug-likeness (QED) is 0.553. The van der Waals surface area contributed by atoms with E-state index in [1.54, 1.807) is 0 Å². The van der Waals surface area contributed by atoms with E-state index in [0.29, 0.717) is 6.42 Å². The smallest absolute Gasteiger partial charge is 0.0452 e. The number of hydrogen-bond acceptors (Lipinski definition) is 2. The normalized spacial score (nSPS) is 7.00. The first-order valence-corrected chi connectivity index (χ1v) is 1.63. The zero-order valence-electron chi connectivity index (χ0n) is 3.52. The molecule has 0 aromatic heterocycles. The van der Waals surface area contributed by atoms with Crippen molar-refractivity contribution in [3.63, 3.8) is 0 Å². The summed E-state index contributed by atoms with van der Waals surface area (Å²) in [7, 11) is 0. The largest absolute Gasteiger partial charge is 0.396 e. The van der Waals surface area contributed by atoms with Gasteiger partial charge in [0.25, 0.3) is 0 Å². The first-order chi connectivity index (χ1) is 2.41. The average molecular weight is 195 g/mol. The number of aliphatic hydroxyl groups excluding tert-OH is 2. The Bertz CT molecular complexity index is 16.3. The summed E-state index contributed by atoms with van der Waals surface area (Å²) in [6.07, 6.45) is 0.500. The van der Waals surface area contributed by atoms with Crippen molar-refractivity contribution < 1.29 is 10.2 Å². The summed E-state index contributed by atoms with van der Waals surface area (Å²) in [5, 5.41) is 15.8. The van der Waals surface area contributed by atoms with Crippen LogP contribution in [-0.2, 0) is 0 Å². The zero-order valence-corrected chi connectivity index (χ0v) is 6.37. The first kappa shape index (κ1) is 9.87. The van der Waals surface area contributed by atoms with E-state index < -0.39 is 0 Å². The van der Waals surface area contributed by atoms with Crippen molar-refractivity contribution >= 4 is 23.9 Å². The zero-order chi connectivity index (χ0) is 4.12. The van der Waals surface area contributed by atoms with Gasteiger partial charge in [0, 0.05) is 37.1 Å². The Labute approximate surface area is 54.1 Å². The summed E-state index contributed by atoms with van der Waals surface area (Å²) in [6, 6.07) is 0. The molecular weight excluding hydrogens is 187 g/mol. The van der Waals surface area contributed by atoms with Gasteiger partial charge in [0.15, 0.2) is 0 Å². The second-order valence-electron chi connectivity index (χ2n) is 0.801. The molecule has 36 valence electrons. The third kappa shape index (κ3) is 8.83. The number of rotatable bonds is 2. The second kappa shape index (κ2) is 9.21. The first-order valence-electron chi connectivity index (χ1n) is 1.63. The number of aliphatic hydroxyl groups is 2. The molecule has 2 N–H and O–H groups in total. The molecule has 0 amide bonds. The molecule has 0 rings (SSSR count). The molecule has 0 saturated carbocycles. The van der Waals surface area contributed by atoms with E-state index in [1.807, 2.05) is 0 Å². The van der Waals surface area contributed by atoms with Crippen molar-refractivity contribution in [3.8, 4) is 0 Å². The van der Waals surface area contributed by atoms with Gasteiger partial charge in [0.05, 0.1) is 0 Å².